The molecule has 0 aliphatic carbocycles. The Hall–Kier alpha value is 0.430. The van der Waals surface area contributed by atoms with Crippen LogP contribution < -0.4 is 0 Å². The van der Waals surface area contributed by atoms with Gasteiger partial charge in [-0.3, -0.25) is 0 Å². The largest absolute Gasteiger partial charge is 0.390 e. The molecule has 2 heteroatoms. The third-order valence-corrected chi connectivity index (χ3v) is 2.47. The van der Waals surface area contributed by atoms with Crippen LogP contribution >= 0.6 is 22.6 Å². The van der Waals surface area contributed by atoms with E-state index in [4.69, 9.17) is 0 Å². The number of aliphatic hydroxyl groups is 1. The maximum atomic E-state index is 9.82. The second kappa shape index (κ2) is 6.89. The fourth-order valence-corrected chi connectivity index (χ4v) is 1.41. The summed E-state index contributed by atoms with van der Waals surface area (Å²) in [5, 5.41) is 9.82. The molecule has 72 valence electrons. The first-order valence-corrected chi connectivity index (χ1v) is 5.84. The van der Waals surface area contributed by atoms with Crippen molar-refractivity contribution in [2.24, 2.45) is 0 Å². The molecule has 0 aliphatic rings. The molecule has 0 aromatic carbocycles. The van der Waals surface area contributed by atoms with Crippen molar-refractivity contribution in [3.05, 3.63) is 10.2 Å². The Kier molecular flexibility index (Phi) is 7.14. The molecule has 0 fully saturated rings. The van der Waals surface area contributed by atoms with Crippen molar-refractivity contribution in [1.82, 2.24) is 0 Å². The minimum absolute atomic E-state index is 0.489. The van der Waals surface area contributed by atoms with Gasteiger partial charge in [-0.25, -0.2) is 0 Å². The fraction of sp³-hybridized carbons (Fsp3) is 0.800. The van der Waals surface area contributed by atoms with Crippen molar-refractivity contribution >= 4 is 22.6 Å². The summed E-state index contributed by atoms with van der Waals surface area (Å²) >= 11 is 2.18. The lowest BCUT2D eigenvalue weighted by Crippen LogP contribution is -2.22. The highest BCUT2D eigenvalue weighted by Crippen LogP contribution is 2.19. The first-order chi connectivity index (χ1) is 5.62. The number of rotatable bonds is 6. The first-order valence-electron chi connectivity index (χ1n) is 4.60. The Morgan fingerprint density at radius 3 is 2.58 bits per heavy atom. The molecule has 1 nitrogen and oxygen atoms in total. The lowest BCUT2D eigenvalue weighted by Gasteiger charge is -2.20. The summed E-state index contributed by atoms with van der Waals surface area (Å²) in [5.41, 5.74) is -0.489. The summed E-state index contributed by atoms with van der Waals surface area (Å²) in [6.07, 6.45) is 7.30. The molecule has 0 bridgehead atoms. The van der Waals surface area contributed by atoms with Crippen LogP contribution in [0.15, 0.2) is 10.2 Å². The van der Waals surface area contributed by atoms with Crippen molar-refractivity contribution in [2.45, 2.75) is 51.6 Å². The van der Waals surface area contributed by atoms with Gasteiger partial charge in [0.05, 0.1) is 5.60 Å². The third-order valence-electron chi connectivity index (χ3n) is 1.97. The molecule has 0 aromatic heterocycles. The molecule has 12 heavy (non-hydrogen) atoms. The Morgan fingerprint density at radius 1 is 1.42 bits per heavy atom. The molecule has 0 spiro atoms. The van der Waals surface area contributed by atoms with Gasteiger partial charge in [-0.1, -0.05) is 54.9 Å². The molecule has 0 aromatic rings. The van der Waals surface area contributed by atoms with E-state index in [0.29, 0.717) is 0 Å². The Labute approximate surface area is 89.4 Å². The van der Waals surface area contributed by atoms with Gasteiger partial charge in [-0.2, -0.15) is 0 Å². The van der Waals surface area contributed by atoms with E-state index in [0.717, 1.165) is 19.3 Å². The molecule has 0 radical (unpaired) electrons. The van der Waals surface area contributed by atoms with Crippen LogP contribution in [0.5, 0.6) is 0 Å². The summed E-state index contributed by atoms with van der Waals surface area (Å²) < 4.78 is 1.96. The zero-order valence-electron chi connectivity index (χ0n) is 8.02. The Balaban J connectivity index is 3.55. The van der Waals surface area contributed by atoms with E-state index in [1.165, 1.54) is 12.8 Å². The molecular weight excluding hydrogens is 263 g/mol. The smallest absolute Gasteiger partial charge is 0.0654 e. The number of hydrogen-bond acceptors (Lipinski definition) is 1. The monoisotopic (exact) mass is 282 g/mol. The topological polar surface area (TPSA) is 20.2 Å². The molecule has 0 rings (SSSR count). The van der Waals surface area contributed by atoms with Crippen LogP contribution in [0.4, 0.5) is 0 Å². The molecular formula is C10H19IO. The summed E-state index contributed by atoms with van der Waals surface area (Å²) in [7, 11) is 0. The van der Waals surface area contributed by atoms with Gasteiger partial charge in [-0.15, -0.1) is 0 Å². The minimum Gasteiger partial charge on any atom is -0.390 e. The summed E-state index contributed by atoms with van der Waals surface area (Å²) in [5.74, 6) is 0. The molecule has 0 heterocycles. The summed E-state index contributed by atoms with van der Waals surface area (Å²) in [4.78, 5) is 0. The van der Waals surface area contributed by atoms with Gasteiger partial charge >= 0.3 is 0 Å². The van der Waals surface area contributed by atoms with Gasteiger partial charge in [0.25, 0.3) is 0 Å². The number of halogens is 1. The molecule has 0 saturated carbocycles. The van der Waals surface area contributed by atoms with Crippen LogP contribution in [0, 0.1) is 0 Å². The van der Waals surface area contributed by atoms with Crippen molar-refractivity contribution in [1.29, 1.82) is 0 Å². The SMILES string of the molecule is CCCCCC(C)(O)CC=CI. The van der Waals surface area contributed by atoms with Gasteiger partial charge in [0.1, 0.15) is 0 Å². The summed E-state index contributed by atoms with van der Waals surface area (Å²) in [6, 6.07) is 0. The Bertz CT molecular complexity index is 130. The second-order valence-corrected chi connectivity index (χ2v) is 4.24. The van der Waals surface area contributed by atoms with E-state index in [1.807, 2.05) is 17.1 Å². The highest BCUT2D eigenvalue weighted by molar-refractivity contribution is 14.1. The molecule has 1 N–H and O–H groups in total. The van der Waals surface area contributed by atoms with Crippen molar-refractivity contribution in [3.8, 4) is 0 Å². The van der Waals surface area contributed by atoms with Crippen molar-refractivity contribution in [3.63, 3.8) is 0 Å². The number of unbranched alkanes of at least 4 members (excludes halogenated alkanes) is 2. The van der Waals surface area contributed by atoms with E-state index >= 15 is 0 Å². The average molecular weight is 282 g/mol. The molecule has 1 atom stereocenters. The predicted octanol–water partition coefficient (Wildman–Crippen LogP) is 3.66. The lowest BCUT2D eigenvalue weighted by molar-refractivity contribution is 0.0514. The minimum atomic E-state index is -0.489. The molecule has 0 aliphatic heterocycles. The third kappa shape index (κ3) is 7.10. The quantitative estimate of drug-likeness (QED) is 0.582. The van der Waals surface area contributed by atoms with Crippen LogP contribution in [-0.2, 0) is 0 Å². The maximum Gasteiger partial charge on any atom is 0.0654 e. The van der Waals surface area contributed by atoms with E-state index in [2.05, 4.69) is 29.5 Å². The normalized spacial score (nSPS) is 16.7. The van der Waals surface area contributed by atoms with Gasteiger partial charge in [0, 0.05) is 0 Å². The molecule has 0 amide bonds. The number of hydrogen-bond donors (Lipinski definition) is 1. The fourth-order valence-electron chi connectivity index (χ4n) is 1.16. The zero-order valence-corrected chi connectivity index (χ0v) is 10.2. The van der Waals surface area contributed by atoms with Gasteiger partial charge in [-0.05, 0) is 23.8 Å². The van der Waals surface area contributed by atoms with Gasteiger partial charge in [0.15, 0.2) is 0 Å². The maximum absolute atomic E-state index is 9.82. The van der Waals surface area contributed by atoms with E-state index in [9.17, 15) is 5.11 Å². The zero-order chi connectivity index (χ0) is 9.45. The lowest BCUT2D eigenvalue weighted by atomic mass is 9.95. The van der Waals surface area contributed by atoms with Crippen LogP contribution in [0.3, 0.4) is 0 Å². The summed E-state index contributed by atoms with van der Waals surface area (Å²) in [6.45, 7) is 4.10. The predicted molar refractivity (Wildman–Crippen MR) is 62.5 cm³/mol. The standard InChI is InChI=1S/C10H19IO/c1-3-4-5-7-10(2,12)8-6-9-11/h6,9,12H,3-5,7-8H2,1-2H3. The van der Waals surface area contributed by atoms with E-state index in [-0.39, 0.29) is 0 Å². The average Bonchev–Trinajstić information content (AvgIpc) is 2.01. The van der Waals surface area contributed by atoms with E-state index < -0.39 is 5.60 Å². The first kappa shape index (κ1) is 12.4. The van der Waals surface area contributed by atoms with Crippen LogP contribution in [0.1, 0.15) is 46.0 Å². The van der Waals surface area contributed by atoms with Gasteiger partial charge in [0.2, 0.25) is 0 Å². The van der Waals surface area contributed by atoms with Crippen molar-refractivity contribution < 1.29 is 5.11 Å². The Morgan fingerprint density at radius 2 is 2.08 bits per heavy atom. The van der Waals surface area contributed by atoms with E-state index in [1.54, 1.807) is 0 Å². The molecule has 1 unspecified atom stereocenters. The molecule has 0 saturated heterocycles. The second-order valence-electron chi connectivity index (χ2n) is 3.52. The highest BCUT2D eigenvalue weighted by Gasteiger charge is 2.16. The van der Waals surface area contributed by atoms with Crippen LogP contribution in [0.2, 0.25) is 0 Å². The van der Waals surface area contributed by atoms with Crippen molar-refractivity contribution in [2.75, 3.05) is 0 Å². The highest BCUT2D eigenvalue weighted by atomic mass is 127. The van der Waals surface area contributed by atoms with Crippen LogP contribution in [0.25, 0.3) is 0 Å². The van der Waals surface area contributed by atoms with Gasteiger partial charge < -0.3 is 5.11 Å². The van der Waals surface area contributed by atoms with Crippen LogP contribution in [-0.4, -0.2) is 10.7 Å².